The molecule has 0 aromatic carbocycles. The van der Waals surface area contributed by atoms with Crippen molar-refractivity contribution in [1.29, 1.82) is 0 Å². The second kappa shape index (κ2) is 5.83. The summed E-state index contributed by atoms with van der Waals surface area (Å²) in [6.45, 7) is 4.84. The molecule has 0 saturated heterocycles. The molecule has 3 N–H and O–H groups in total. The van der Waals surface area contributed by atoms with Gasteiger partial charge < -0.3 is 15.6 Å². The van der Waals surface area contributed by atoms with Gasteiger partial charge in [-0.25, -0.2) is 0 Å². The van der Waals surface area contributed by atoms with E-state index in [4.69, 9.17) is 5.73 Å². The first-order valence-electron chi connectivity index (χ1n) is 6.99. The van der Waals surface area contributed by atoms with E-state index < -0.39 is 0 Å². The molecular formula is C15H19N5S. The highest BCUT2D eigenvalue weighted by Crippen LogP contribution is 2.34. The summed E-state index contributed by atoms with van der Waals surface area (Å²) in [5.41, 5.74) is 9.13. The Morgan fingerprint density at radius 3 is 2.86 bits per heavy atom. The van der Waals surface area contributed by atoms with Crippen LogP contribution < -0.4 is 11.1 Å². The number of anilines is 1. The monoisotopic (exact) mass is 301 g/mol. The number of hydrogen-bond acceptors (Lipinski definition) is 5. The highest BCUT2D eigenvalue weighted by Gasteiger charge is 2.14. The molecule has 21 heavy (non-hydrogen) atoms. The molecule has 3 aromatic heterocycles. The molecule has 110 valence electrons. The first-order chi connectivity index (χ1) is 10.1. The summed E-state index contributed by atoms with van der Waals surface area (Å²) >= 11 is 1.76. The Kier molecular flexibility index (Phi) is 3.90. The van der Waals surface area contributed by atoms with Gasteiger partial charge >= 0.3 is 0 Å². The summed E-state index contributed by atoms with van der Waals surface area (Å²) in [7, 11) is 0. The van der Waals surface area contributed by atoms with Crippen molar-refractivity contribution in [2.75, 3.05) is 5.32 Å². The molecule has 0 radical (unpaired) electrons. The van der Waals surface area contributed by atoms with E-state index in [1.54, 1.807) is 17.5 Å². The summed E-state index contributed by atoms with van der Waals surface area (Å²) in [6.07, 6.45) is 6.72. The SMILES string of the molecule is Cc1c(C[C@H](C)N)sc2c(NCn3cccc3)cnnc12. The number of aromatic nitrogens is 3. The van der Waals surface area contributed by atoms with E-state index in [2.05, 4.69) is 27.0 Å². The average molecular weight is 301 g/mol. The predicted molar refractivity (Wildman–Crippen MR) is 87.6 cm³/mol. The molecule has 0 unspecified atom stereocenters. The molecule has 0 aliphatic heterocycles. The van der Waals surface area contributed by atoms with Crippen molar-refractivity contribution in [1.82, 2.24) is 14.8 Å². The Hall–Kier alpha value is -1.92. The van der Waals surface area contributed by atoms with Crippen LogP contribution in [-0.2, 0) is 13.1 Å². The van der Waals surface area contributed by atoms with Crippen molar-refractivity contribution >= 4 is 27.2 Å². The summed E-state index contributed by atoms with van der Waals surface area (Å²) in [5, 5.41) is 11.8. The van der Waals surface area contributed by atoms with Crippen LogP contribution in [0.5, 0.6) is 0 Å². The Morgan fingerprint density at radius 2 is 2.14 bits per heavy atom. The average Bonchev–Trinajstić information content (AvgIpc) is 3.06. The van der Waals surface area contributed by atoms with Crippen molar-refractivity contribution in [3.05, 3.63) is 41.2 Å². The Bertz CT molecular complexity index is 730. The van der Waals surface area contributed by atoms with Crippen LogP contribution in [0.3, 0.4) is 0 Å². The molecule has 0 amide bonds. The molecule has 3 aromatic rings. The molecule has 0 spiro atoms. The lowest BCUT2D eigenvalue weighted by molar-refractivity contribution is 0.744. The van der Waals surface area contributed by atoms with Crippen LogP contribution >= 0.6 is 11.3 Å². The maximum Gasteiger partial charge on any atom is 0.109 e. The quantitative estimate of drug-likeness (QED) is 0.760. The molecule has 0 saturated carbocycles. The van der Waals surface area contributed by atoms with Crippen LogP contribution in [-0.4, -0.2) is 20.8 Å². The van der Waals surface area contributed by atoms with Gasteiger partial charge in [-0.1, -0.05) is 0 Å². The number of nitrogens with zero attached hydrogens (tertiary/aromatic N) is 3. The van der Waals surface area contributed by atoms with E-state index in [1.807, 2.05) is 31.5 Å². The fourth-order valence-corrected chi connectivity index (χ4v) is 3.69. The number of thiophene rings is 1. The van der Waals surface area contributed by atoms with Gasteiger partial charge in [-0.3, -0.25) is 0 Å². The normalized spacial score (nSPS) is 12.7. The third-order valence-corrected chi connectivity index (χ3v) is 4.77. The molecule has 3 rings (SSSR count). The zero-order valence-corrected chi connectivity index (χ0v) is 13.0. The third-order valence-electron chi connectivity index (χ3n) is 3.43. The minimum Gasteiger partial charge on any atom is -0.365 e. The maximum atomic E-state index is 5.93. The third kappa shape index (κ3) is 2.91. The maximum absolute atomic E-state index is 5.93. The summed E-state index contributed by atoms with van der Waals surface area (Å²) in [4.78, 5) is 1.30. The first-order valence-corrected chi connectivity index (χ1v) is 7.80. The fourth-order valence-electron chi connectivity index (χ4n) is 2.32. The Morgan fingerprint density at radius 1 is 1.38 bits per heavy atom. The van der Waals surface area contributed by atoms with Crippen LogP contribution in [0.4, 0.5) is 5.69 Å². The molecule has 5 nitrogen and oxygen atoms in total. The van der Waals surface area contributed by atoms with Crippen molar-refractivity contribution in [2.45, 2.75) is 33.0 Å². The molecule has 6 heteroatoms. The van der Waals surface area contributed by atoms with E-state index in [-0.39, 0.29) is 6.04 Å². The van der Waals surface area contributed by atoms with Gasteiger partial charge in [0.15, 0.2) is 0 Å². The Labute approximate surface area is 127 Å². The van der Waals surface area contributed by atoms with Crippen LogP contribution in [0.1, 0.15) is 17.4 Å². The fraction of sp³-hybridized carbons (Fsp3) is 0.333. The number of hydrogen-bond donors (Lipinski definition) is 2. The lowest BCUT2D eigenvalue weighted by Gasteiger charge is -2.07. The topological polar surface area (TPSA) is 68.8 Å². The number of nitrogens with one attached hydrogen (secondary N) is 1. The van der Waals surface area contributed by atoms with Gasteiger partial charge in [-0.05, 0) is 38.0 Å². The number of aryl methyl sites for hydroxylation is 1. The van der Waals surface area contributed by atoms with Crippen LogP contribution in [0.2, 0.25) is 0 Å². The van der Waals surface area contributed by atoms with Crippen LogP contribution in [0.15, 0.2) is 30.7 Å². The second-order valence-corrected chi connectivity index (χ2v) is 6.40. The van der Waals surface area contributed by atoms with Crippen LogP contribution in [0, 0.1) is 6.92 Å². The standard InChI is InChI=1S/C15H19N5S/c1-10(16)7-13-11(2)14-15(21-13)12(8-18-19-14)17-9-20-5-3-4-6-20/h3-6,8,10H,7,9,16H2,1-2H3,(H,17,19)/t10-/m0/s1. The zero-order valence-electron chi connectivity index (χ0n) is 12.2. The molecular weight excluding hydrogens is 282 g/mol. The zero-order chi connectivity index (χ0) is 14.8. The number of nitrogens with two attached hydrogens (primary N) is 1. The number of fused-ring (bicyclic) bond motifs is 1. The molecule has 0 fully saturated rings. The number of rotatable bonds is 5. The molecule has 1 atom stereocenters. The van der Waals surface area contributed by atoms with Crippen molar-refractivity contribution < 1.29 is 0 Å². The summed E-state index contributed by atoms with van der Waals surface area (Å²) < 4.78 is 3.24. The van der Waals surface area contributed by atoms with Crippen molar-refractivity contribution in [2.24, 2.45) is 5.73 Å². The largest absolute Gasteiger partial charge is 0.365 e. The molecule has 0 aliphatic carbocycles. The van der Waals surface area contributed by atoms with Gasteiger partial charge in [0, 0.05) is 23.3 Å². The highest BCUT2D eigenvalue weighted by atomic mass is 32.1. The molecule has 3 heterocycles. The smallest absolute Gasteiger partial charge is 0.109 e. The van der Waals surface area contributed by atoms with E-state index >= 15 is 0 Å². The van der Waals surface area contributed by atoms with Gasteiger partial charge in [0.1, 0.15) is 5.52 Å². The molecule has 0 bridgehead atoms. The minimum atomic E-state index is 0.154. The van der Waals surface area contributed by atoms with E-state index in [9.17, 15) is 0 Å². The van der Waals surface area contributed by atoms with Crippen molar-refractivity contribution in [3.63, 3.8) is 0 Å². The Balaban J connectivity index is 1.91. The van der Waals surface area contributed by atoms with E-state index in [0.29, 0.717) is 6.67 Å². The van der Waals surface area contributed by atoms with Gasteiger partial charge in [0.05, 0.1) is 23.3 Å². The highest BCUT2D eigenvalue weighted by molar-refractivity contribution is 7.19. The van der Waals surface area contributed by atoms with Gasteiger partial charge in [0.2, 0.25) is 0 Å². The van der Waals surface area contributed by atoms with E-state index in [0.717, 1.165) is 22.3 Å². The van der Waals surface area contributed by atoms with E-state index in [1.165, 1.54) is 10.4 Å². The molecule has 0 aliphatic rings. The predicted octanol–water partition coefficient (Wildman–Crippen LogP) is 2.76. The summed E-state index contributed by atoms with van der Waals surface area (Å²) in [6, 6.07) is 4.18. The second-order valence-electron chi connectivity index (χ2n) is 5.30. The van der Waals surface area contributed by atoms with Gasteiger partial charge in [-0.2, -0.15) is 5.10 Å². The van der Waals surface area contributed by atoms with Crippen LogP contribution in [0.25, 0.3) is 10.2 Å². The first kappa shape index (κ1) is 14.0. The minimum absolute atomic E-state index is 0.154. The van der Waals surface area contributed by atoms with Gasteiger partial charge in [-0.15, -0.1) is 16.4 Å². The summed E-state index contributed by atoms with van der Waals surface area (Å²) in [5.74, 6) is 0. The lowest BCUT2D eigenvalue weighted by atomic mass is 10.1. The lowest BCUT2D eigenvalue weighted by Crippen LogP contribution is -2.17. The van der Waals surface area contributed by atoms with Crippen molar-refractivity contribution in [3.8, 4) is 0 Å². The van der Waals surface area contributed by atoms with Gasteiger partial charge in [0.25, 0.3) is 0 Å².